The molecule has 1 amide bonds. The summed E-state index contributed by atoms with van der Waals surface area (Å²) in [5.41, 5.74) is -2.33. The van der Waals surface area contributed by atoms with E-state index in [9.17, 15) is 18.4 Å². The largest absolute Gasteiger partial charge is 0.494 e. The molecule has 5 nitrogen and oxygen atoms in total. The molecule has 1 unspecified atom stereocenters. The van der Waals surface area contributed by atoms with E-state index in [2.05, 4.69) is 0 Å². The fraction of sp³-hybridized carbons (Fsp3) is 0.467. The minimum absolute atomic E-state index is 0.112. The second-order valence-corrected chi connectivity index (χ2v) is 5.24. The van der Waals surface area contributed by atoms with Crippen LogP contribution in [0.25, 0.3) is 0 Å². The van der Waals surface area contributed by atoms with Crippen molar-refractivity contribution in [3.8, 4) is 5.75 Å². The molecule has 1 heterocycles. The Hall–Kier alpha value is -2.18. The van der Waals surface area contributed by atoms with Gasteiger partial charge in [-0.25, -0.2) is 13.6 Å². The van der Waals surface area contributed by atoms with Crippen LogP contribution in [0.4, 0.5) is 8.78 Å². The van der Waals surface area contributed by atoms with Crippen LogP contribution in [0.15, 0.2) is 24.3 Å². The first kappa shape index (κ1) is 16.2. The van der Waals surface area contributed by atoms with Crippen molar-refractivity contribution in [2.75, 3.05) is 19.7 Å². The summed E-state index contributed by atoms with van der Waals surface area (Å²) in [6.45, 7) is -0.0225. The Morgan fingerprint density at radius 3 is 2.59 bits per heavy atom. The van der Waals surface area contributed by atoms with Gasteiger partial charge in [-0.15, -0.1) is 0 Å². The van der Waals surface area contributed by atoms with Crippen LogP contribution in [0.1, 0.15) is 19.3 Å². The lowest BCUT2D eigenvalue weighted by atomic mass is 10.1. The number of hydrogen-bond acceptors (Lipinski definition) is 3. The molecule has 1 aliphatic heterocycles. The van der Waals surface area contributed by atoms with E-state index in [0.717, 1.165) is 0 Å². The van der Waals surface area contributed by atoms with Gasteiger partial charge in [-0.2, -0.15) is 0 Å². The van der Waals surface area contributed by atoms with Gasteiger partial charge in [0.1, 0.15) is 11.6 Å². The van der Waals surface area contributed by atoms with E-state index in [0.29, 0.717) is 12.2 Å². The summed E-state index contributed by atoms with van der Waals surface area (Å²) in [4.78, 5) is 23.9. The maximum atomic E-state index is 13.8. The molecule has 0 aromatic heterocycles. The fourth-order valence-electron chi connectivity index (χ4n) is 2.26. The van der Waals surface area contributed by atoms with Gasteiger partial charge in [-0.05, 0) is 30.7 Å². The van der Waals surface area contributed by atoms with Crippen LogP contribution in [-0.2, 0) is 9.59 Å². The lowest BCUT2D eigenvalue weighted by molar-refractivity contribution is -0.150. The van der Waals surface area contributed by atoms with Gasteiger partial charge in [0.05, 0.1) is 13.2 Å². The van der Waals surface area contributed by atoms with Gasteiger partial charge < -0.3 is 14.7 Å². The number of carbonyl (C=O) groups excluding carboxylic acids is 1. The number of carboxylic acid groups (broad SMARTS) is 1. The highest BCUT2D eigenvalue weighted by Crippen LogP contribution is 2.26. The topological polar surface area (TPSA) is 66.8 Å². The van der Waals surface area contributed by atoms with Crippen LogP contribution in [-0.4, -0.2) is 47.2 Å². The number of alkyl halides is 1. The van der Waals surface area contributed by atoms with Gasteiger partial charge in [0, 0.05) is 19.4 Å². The van der Waals surface area contributed by atoms with Crippen LogP contribution in [0.3, 0.4) is 0 Å². The van der Waals surface area contributed by atoms with E-state index in [-0.39, 0.29) is 37.7 Å². The number of ether oxygens (including phenoxy) is 1. The monoisotopic (exact) mass is 313 g/mol. The third-order valence-electron chi connectivity index (χ3n) is 3.57. The van der Waals surface area contributed by atoms with Crippen LogP contribution in [0.5, 0.6) is 5.75 Å². The van der Waals surface area contributed by atoms with Crippen LogP contribution in [0.2, 0.25) is 0 Å². The van der Waals surface area contributed by atoms with Crippen molar-refractivity contribution in [3.63, 3.8) is 0 Å². The van der Waals surface area contributed by atoms with Crippen molar-refractivity contribution < 1.29 is 28.2 Å². The van der Waals surface area contributed by atoms with Gasteiger partial charge in [-0.3, -0.25) is 4.79 Å². The molecule has 0 radical (unpaired) electrons. The SMILES string of the molecule is O=C(CCCOc1ccc(F)cc1)N1CCC(F)(C(=O)O)C1. The highest BCUT2D eigenvalue weighted by molar-refractivity contribution is 5.82. The molecule has 1 aromatic carbocycles. The van der Waals surface area contributed by atoms with Crippen LogP contribution < -0.4 is 4.74 Å². The van der Waals surface area contributed by atoms with E-state index in [1.165, 1.54) is 29.2 Å². The molecular weight excluding hydrogens is 296 g/mol. The molecule has 120 valence electrons. The number of amides is 1. The van der Waals surface area contributed by atoms with Crippen molar-refractivity contribution in [2.45, 2.75) is 24.9 Å². The normalized spacial score (nSPS) is 20.9. The Balaban J connectivity index is 1.70. The summed E-state index contributed by atoms with van der Waals surface area (Å²) in [7, 11) is 0. The second-order valence-electron chi connectivity index (χ2n) is 5.24. The molecule has 1 saturated heterocycles. The van der Waals surface area contributed by atoms with Crippen LogP contribution >= 0.6 is 0 Å². The van der Waals surface area contributed by atoms with Crippen molar-refractivity contribution in [1.82, 2.24) is 4.90 Å². The Labute approximate surface area is 126 Å². The van der Waals surface area contributed by atoms with Crippen LogP contribution in [0, 0.1) is 5.82 Å². The zero-order chi connectivity index (χ0) is 16.2. The number of likely N-dealkylation sites (tertiary alicyclic amines) is 1. The minimum Gasteiger partial charge on any atom is -0.494 e. The number of carboxylic acids is 1. The van der Waals surface area contributed by atoms with E-state index in [1.54, 1.807) is 0 Å². The molecule has 2 rings (SSSR count). The number of nitrogens with zero attached hydrogens (tertiary/aromatic N) is 1. The molecule has 1 aromatic rings. The predicted octanol–water partition coefficient (Wildman–Crippen LogP) is 2.01. The Bertz CT molecular complexity index is 549. The van der Waals surface area contributed by atoms with E-state index in [4.69, 9.17) is 9.84 Å². The van der Waals surface area contributed by atoms with Gasteiger partial charge in [0.2, 0.25) is 11.6 Å². The highest BCUT2D eigenvalue weighted by atomic mass is 19.1. The standard InChI is InChI=1S/C15H17F2NO4/c16-11-3-5-12(6-4-11)22-9-1-2-13(19)18-8-7-15(17,10-18)14(20)21/h3-6H,1-2,7-10H2,(H,20,21). The van der Waals surface area contributed by atoms with Gasteiger partial charge in [0.25, 0.3) is 0 Å². The molecule has 0 aliphatic carbocycles. The zero-order valence-electron chi connectivity index (χ0n) is 11.9. The Morgan fingerprint density at radius 2 is 2.00 bits per heavy atom. The third kappa shape index (κ3) is 3.93. The average molecular weight is 313 g/mol. The van der Waals surface area contributed by atoms with E-state index >= 15 is 0 Å². The minimum atomic E-state index is -2.33. The number of rotatable bonds is 6. The molecule has 7 heteroatoms. The summed E-state index contributed by atoms with van der Waals surface area (Å²) >= 11 is 0. The summed E-state index contributed by atoms with van der Waals surface area (Å²) < 4.78 is 31.9. The van der Waals surface area contributed by atoms with Gasteiger partial charge in [-0.1, -0.05) is 0 Å². The predicted molar refractivity (Wildman–Crippen MR) is 73.8 cm³/mol. The average Bonchev–Trinajstić information content (AvgIpc) is 2.89. The van der Waals surface area contributed by atoms with Crippen molar-refractivity contribution in [2.24, 2.45) is 0 Å². The number of halogens is 2. The summed E-state index contributed by atoms with van der Waals surface area (Å²) in [6, 6.07) is 5.53. The maximum Gasteiger partial charge on any atom is 0.343 e. The molecule has 0 saturated carbocycles. The fourth-order valence-corrected chi connectivity index (χ4v) is 2.26. The first-order valence-corrected chi connectivity index (χ1v) is 6.99. The zero-order valence-corrected chi connectivity index (χ0v) is 11.9. The lowest BCUT2D eigenvalue weighted by Gasteiger charge is -2.17. The molecule has 22 heavy (non-hydrogen) atoms. The second kappa shape index (κ2) is 6.72. The number of carbonyl (C=O) groups is 2. The first-order chi connectivity index (χ1) is 10.4. The van der Waals surface area contributed by atoms with Crippen molar-refractivity contribution in [3.05, 3.63) is 30.1 Å². The van der Waals surface area contributed by atoms with Gasteiger partial charge >= 0.3 is 5.97 Å². The number of hydrogen-bond donors (Lipinski definition) is 1. The molecule has 1 N–H and O–H groups in total. The first-order valence-electron chi connectivity index (χ1n) is 6.99. The van der Waals surface area contributed by atoms with E-state index < -0.39 is 18.2 Å². The lowest BCUT2D eigenvalue weighted by Crippen LogP contribution is -2.38. The molecule has 1 atom stereocenters. The quantitative estimate of drug-likeness (QED) is 0.816. The number of aliphatic carboxylic acids is 1. The maximum absolute atomic E-state index is 13.8. The molecule has 0 bridgehead atoms. The Morgan fingerprint density at radius 1 is 1.32 bits per heavy atom. The third-order valence-corrected chi connectivity index (χ3v) is 3.57. The summed E-state index contributed by atoms with van der Waals surface area (Å²) in [6.07, 6.45) is 0.385. The molecule has 1 fully saturated rings. The number of benzene rings is 1. The summed E-state index contributed by atoms with van der Waals surface area (Å²) in [5.74, 6) is -1.67. The van der Waals surface area contributed by atoms with E-state index in [1.807, 2.05) is 0 Å². The molecular formula is C15H17F2NO4. The molecule has 1 aliphatic rings. The summed E-state index contributed by atoms with van der Waals surface area (Å²) in [5, 5.41) is 8.77. The highest BCUT2D eigenvalue weighted by Gasteiger charge is 2.46. The van der Waals surface area contributed by atoms with Crippen molar-refractivity contribution >= 4 is 11.9 Å². The molecule has 0 spiro atoms. The Kier molecular flexibility index (Phi) is 4.95. The van der Waals surface area contributed by atoms with Crippen molar-refractivity contribution in [1.29, 1.82) is 0 Å². The van der Waals surface area contributed by atoms with Gasteiger partial charge in [0.15, 0.2) is 0 Å². The smallest absolute Gasteiger partial charge is 0.343 e.